The van der Waals surface area contributed by atoms with E-state index in [9.17, 15) is 9.59 Å². The van der Waals surface area contributed by atoms with Crippen molar-refractivity contribution in [2.24, 2.45) is 5.92 Å². The minimum absolute atomic E-state index is 0.144. The molecule has 2 atom stereocenters. The number of rotatable bonds is 3. The summed E-state index contributed by atoms with van der Waals surface area (Å²) in [5, 5.41) is 3.10. The molecule has 2 rings (SSSR count). The van der Waals surface area contributed by atoms with Gasteiger partial charge >= 0.3 is 5.97 Å². The zero-order valence-corrected chi connectivity index (χ0v) is 9.19. The van der Waals surface area contributed by atoms with Crippen LogP contribution in [0.2, 0.25) is 0 Å². The van der Waals surface area contributed by atoms with E-state index in [0.29, 0.717) is 31.8 Å². The highest BCUT2D eigenvalue weighted by Gasteiger charge is 2.39. The first-order valence-electron chi connectivity index (χ1n) is 5.49. The Labute approximate surface area is 93.8 Å². The summed E-state index contributed by atoms with van der Waals surface area (Å²) >= 11 is 0. The third-order valence-electron chi connectivity index (χ3n) is 2.88. The normalized spacial score (nSPS) is 28.8. The molecule has 88 valence electrons. The Morgan fingerprint density at radius 3 is 3.12 bits per heavy atom. The second-order valence-corrected chi connectivity index (χ2v) is 3.88. The highest BCUT2D eigenvalue weighted by atomic mass is 16.5. The van der Waals surface area contributed by atoms with Crippen LogP contribution in [-0.2, 0) is 19.1 Å². The molecule has 1 N–H and O–H groups in total. The van der Waals surface area contributed by atoms with E-state index in [1.807, 2.05) is 0 Å². The summed E-state index contributed by atoms with van der Waals surface area (Å²) in [5.74, 6) is -0.439. The Kier molecular flexibility index (Phi) is 3.24. The molecule has 2 aliphatic rings. The third kappa shape index (κ3) is 1.95. The molecule has 0 saturated carbocycles. The Bertz CT molecular complexity index is 337. The monoisotopic (exact) mass is 225 g/mol. The van der Waals surface area contributed by atoms with Crippen molar-refractivity contribution in [3.05, 3.63) is 11.8 Å². The van der Waals surface area contributed by atoms with Crippen LogP contribution in [0.25, 0.3) is 0 Å². The van der Waals surface area contributed by atoms with E-state index in [2.05, 4.69) is 5.32 Å². The van der Waals surface area contributed by atoms with Crippen molar-refractivity contribution in [1.29, 1.82) is 0 Å². The molecule has 2 heterocycles. The summed E-state index contributed by atoms with van der Waals surface area (Å²) in [4.78, 5) is 23.2. The van der Waals surface area contributed by atoms with Gasteiger partial charge in [-0.3, -0.25) is 4.79 Å². The smallest absolute Gasteiger partial charge is 0.337 e. The van der Waals surface area contributed by atoms with Crippen LogP contribution < -0.4 is 5.32 Å². The highest BCUT2D eigenvalue weighted by molar-refractivity contribution is 5.93. The van der Waals surface area contributed by atoms with Gasteiger partial charge < -0.3 is 14.8 Å². The molecule has 0 aromatic heterocycles. The molecule has 5 nitrogen and oxygen atoms in total. The molecule has 5 heteroatoms. The van der Waals surface area contributed by atoms with Gasteiger partial charge in [0.25, 0.3) is 0 Å². The number of carbonyl (C=O) groups excluding carboxylic acids is 2. The maximum absolute atomic E-state index is 11.6. The first kappa shape index (κ1) is 11.1. The fourth-order valence-electron chi connectivity index (χ4n) is 2.10. The third-order valence-corrected chi connectivity index (χ3v) is 2.88. The van der Waals surface area contributed by atoms with Crippen LogP contribution in [0.1, 0.15) is 13.3 Å². The van der Waals surface area contributed by atoms with Crippen molar-refractivity contribution in [2.75, 3.05) is 19.8 Å². The van der Waals surface area contributed by atoms with Crippen molar-refractivity contribution in [3.8, 4) is 0 Å². The Morgan fingerprint density at radius 1 is 1.69 bits per heavy atom. The molecule has 2 unspecified atom stereocenters. The summed E-state index contributed by atoms with van der Waals surface area (Å²) in [7, 11) is 0. The van der Waals surface area contributed by atoms with Gasteiger partial charge in [0.2, 0.25) is 0 Å². The fourth-order valence-corrected chi connectivity index (χ4v) is 2.10. The molecular formula is C11H15NO4. The van der Waals surface area contributed by atoms with Gasteiger partial charge in [0.05, 0.1) is 37.0 Å². The van der Waals surface area contributed by atoms with Crippen LogP contribution in [0.4, 0.5) is 0 Å². The maximum Gasteiger partial charge on any atom is 0.337 e. The summed E-state index contributed by atoms with van der Waals surface area (Å²) in [6.07, 6.45) is 1.94. The van der Waals surface area contributed by atoms with Crippen LogP contribution >= 0.6 is 0 Å². The molecule has 0 aromatic carbocycles. The van der Waals surface area contributed by atoms with Gasteiger partial charge in [-0.25, -0.2) is 4.79 Å². The fraction of sp³-hybridized carbons (Fsp3) is 0.636. The van der Waals surface area contributed by atoms with E-state index in [0.717, 1.165) is 0 Å². The summed E-state index contributed by atoms with van der Waals surface area (Å²) < 4.78 is 10.1. The lowest BCUT2D eigenvalue weighted by Gasteiger charge is -2.17. The van der Waals surface area contributed by atoms with E-state index < -0.39 is 0 Å². The lowest BCUT2D eigenvalue weighted by molar-refractivity contribution is -0.139. The number of esters is 1. The number of hydrogen-bond donors (Lipinski definition) is 1. The Morgan fingerprint density at radius 2 is 2.50 bits per heavy atom. The predicted molar refractivity (Wildman–Crippen MR) is 55.6 cm³/mol. The zero-order valence-electron chi connectivity index (χ0n) is 9.19. The summed E-state index contributed by atoms with van der Waals surface area (Å²) in [6, 6.07) is -0.293. The lowest BCUT2D eigenvalue weighted by atomic mass is 9.92. The highest BCUT2D eigenvalue weighted by Crippen LogP contribution is 2.26. The number of nitrogens with one attached hydrogen (secondary N) is 1. The maximum atomic E-state index is 11.6. The second kappa shape index (κ2) is 4.65. The second-order valence-electron chi connectivity index (χ2n) is 3.88. The van der Waals surface area contributed by atoms with Crippen LogP contribution in [0.3, 0.4) is 0 Å². The minimum atomic E-state index is -0.383. The standard InChI is InChI=1S/C11H15NO4/c1-2-16-11(14)8-6-15-5-7(8)10-9(13)3-4-12-10/h6-7,10,12H,2-5H2,1H3. The van der Waals surface area contributed by atoms with Crippen LogP contribution in [0.5, 0.6) is 0 Å². The first-order valence-corrected chi connectivity index (χ1v) is 5.49. The van der Waals surface area contributed by atoms with Crippen LogP contribution in [0, 0.1) is 5.92 Å². The number of hydrogen-bond acceptors (Lipinski definition) is 5. The molecule has 0 aliphatic carbocycles. The van der Waals surface area contributed by atoms with Crippen molar-refractivity contribution >= 4 is 11.8 Å². The summed E-state index contributed by atoms with van der Waals surface area (Å²) in [5.41, 5.74) is 0.467. The van der Waals surface area contributed by atoms with Gasteiger partial charge in [0.15, 0.2) is 5.78 Å². The Balaban J connectivity index is 2.07. The van der Waals surface area contributed by atoms with Crippen LogP contribution in [0.15, 0.2) is 11.8 Å². The van der Waals surface area contributed by atoms with Crippen molar-refractivity contribution in [2.45, 2.75) is 19.4 Å². The predicted octanol–water partition coefficient (Wildman–Crippen LogP) is 0.0108. The number of ketones is 1. The SMILES string of the molecule is CCOC(=O)C1=COCC1C1NCCC1=O. The first-order chi connectivity index (χ1) is 7.74. The number of Topliss-reactive ketones (excluding diaryl/α,β-unsaturated/α-hetero) is 1. The quantitative estimate of drug-likeness (QED) is 0.685. The number of ether oxygens (including phenoxy) is 2. The zero-order chi connectivity index (χ0) is 11.5. The summed E-state index contributed by atoms with van der Waals surface area (Å²) in [6.45, 7) is 3.13. The van der Waals surface area contributed by atoms with Gasteiger partial charge in [-0.15, -0.1) is 0 Å². The van der Waals surface area contributed by atoms with Gasteiger partial charge in [-0.2, -0.15) is 0 Å². The average molecular weight is 225 g/mol. The van der Waals surface area contributed by atoms with E-state index in [4.69, 9.17) is 9.47 Å². The molecule has 0 spiro atoms. The van der Waals surface area contributed by atoms with Gasteiger partial charge in [-0.05, 0) is 6.92 Å². The lowest BCUT2D eigenvalue weighted by Crippen LogP contribution is -2.38. The van der Waals surface area contributed by atoms with Crippen molar-refractivity contribution in [3.63, 3.8) is 0 Å². The topological polar surface area (TPSA) is 64.6 Å². The van der Waals surface area contributed by atoms with Gasteiger partial charge in [0.1, 0.15) is 0 Å². The molecule has 0 bridgehead atoms. The van der Waals surface area contributed by atoms with E-state index in [1.165, 1.54) is 6.26 Å². The number of carbonyl (C=O) groups is 2. The molecule has 1 saturated heterocycles. The molecule has 16 heavy (non-hydrogen) atoms. The van der Waals surface area contributed by atoms with Crippen molar-refractivity contribution < 1.29 is 19.1 Å². The molecule has 0 aromatic rings. The van der Waals surface area contributed by atoms with E-state index in [-0.39, 0.29) is 23.7 Å². The van der Waals surface area contributed by atoms with Crippen molar-refractivity contribution in [1.82, 2.24) is 5.32 Å². The van der Waals surface area contributed by atoms with Crippen LogP contribution in [-0.4, -0.2) is 37.6 Å². The molecule has 2 aliphatic heterocycles. The molecule has 0 radical (unpaired) electrons. The van der Waals surface area contributed by atoms with Gasteiger partial charge in [0, 0.05) is 13.0 Å². The van der Waals surface area contributed by atoms with Gasteiger partial charge in [-0.1, -0.05) is 0 Å². The average Bonchev–Trinajstić information content (AvgIpc) is 2.85. The Hall–Kier alpha value is -1.36. The molecule has 1 fully saturated rings. The molecular weight excluding hydrogens is 210 g/mol. The minimum Gasteiger partial charge on any atom is -0.500 e. The van der Waals surface area contributed by atoms with E-state index >= 15 is 0 Å². The molecule has 0 amide bonds. The largest absolute Gasteiger partial charge is 0.500 e. The van der Waals surface area contributed by atoms with E-state index in [1.54, 1.807) is 6.92 Å².